The van der Waals surface area contributed by atoms with Gasteiger partial charge in [-0.25, -0.2) is 0 Å². The van der Waals surface area contributed by atoms with E-state index in [9.17, 15) is 9.90 Å². The Morgan fingerprint density at radius 2 is 1.78 bits per heavy atom. The van der Waals surface area contributed by atoms with Gasteiger partial charge in [-0.2, -0.15) is 4.80 Å². The second kappa shape index (κ2) is 7.16. The average Bonchev–Trinajstić information content (AvgIpc) is 3.15. The highest BCUT2D eigenvalue weighted by molar-refractivity contribution is 5.94. The van der Waals surface area contributed by atoms with E-state index in [2.05, 4.69) is 15.4 Å². The number of phenolic OH excluding ortho intramolecular Hbond substituents is 1. The van der Waals surface area contributed by atoms with E-state index in [0.29, 0.717) is 31.1 Å². The molecule has 1 saturated heterocycles. The van der Waals surface area contributed by atoms with Crippen LogP contribution < -0.4 is 0 Å². The van der Waals surface area contributed by atoms with Gasteiger partial charge >= 0.3 is 0 Å². The summed E-state index contributed by atoms with van der Waals surface area (Å²) < 4.78 is 5.69. The van der Waals surface area contributed by atoms with Crippen molar-refractivity contribution in [1.82, 2.24) is 25.1 Å². The molecule has 8 nitrogen and oxygen atoms in total. The Kier molecular flexibility index (Phi) is 4.55. The number of ether oxygens (including phenoxy) is 1. The lowest BCUT2D eigenvalue weighted by atomic mass is 10.0. The number of rotatable bonds is 3. The molecule has 2 aromatic carbocycles. The molecule has 4 rings (SSSR count). The zero-order valence-electron chi connectivity index (χ0n) is 14.8. The molecule has 1 aromatic heterocycles. The molecular formula is C19H19N5O3. The van der Waals surface area contributed by atoms with E-state index >= 15 is 0 Å². The third kappa shape index (κ3) is 3.65. The maximum absolute atomic E-state index is 12.8. The third-order valence-corrected chi connectivity index (χ3v) is 4.50. The molecular weight excluding hydrogens is 346 g/mol. The van der Waals surface area contributed by atoms with Crippen LogP contribution in [0.25, 0.3) is 11.1 Å². The van der Waals surface area contributed by atoms with Crippen molar-refractivity contribution in [3.05, 3.63) is 59.9 Å². The van der Waals surface area contributed by atoms with Gasteiger partial charge in [-0.15, -0.1) is 10.2 Å². The zero-order chi connectivity index (χ0) is 18.8. The largest absolute Gasteiger partial charge is 0.508 e. The number of nitrogens with zero attached hydrogens (tertiary/aromatic N) is 5. The molecule has 0 bridgehead atoms. The van der Waals surface area contributed by atoms with Crippen LogP contribution in [0.4, 0.5) is 0 Å². The summed E-state index contributed by atoms with van der Waals surface area (Å²) in [5.41, 5.74) is 2.58. The van der Waals surface area contributed by atoms with Crippen LogP contribution in [0.15, 0.2) is 48.5 Å². The maximum Gasteiger partial charge on any atom is 0.254 e. The van der Waals surface area contributed by atoms with Crippen molar-refractivity contribution in [2.24, 2.45) is 7.05 Å². The van der Waals surface area contributed by atoms with Crippen LogP contribution in [0.1, 0.15) is 22.3 Å². The molecule has 0 radical (unpaired) electrons. The van der Waals surface area contributed by atoms with Gasteiger partial charge in [0.1, 0.15) is 11.9 Å². The Morgan fingerprint density at radius 3 is 2.41 bits per heavy atom. The number of tetrazole rings is 1. The maximum atomic E-state index is 12.8. The fraction of sp³-hybridized carbons (Fsp3) is 0.263. The molecule has 0 aliphatic carbocycles. The molecule has 1 amide bonds. The van der Waals surface area contributed by atoms with E-state index in [1.807, 2.05) is 36.4 Å². The van der Waals surface area contributed by atoms with Gasteiger partial charge < -0.3 is 14.7 Å². The Balaban J connectivity index is 1.48. The van der Waals surface area contributed by atoms with Gasteiger partial charge in [0.05, 0.1) is 20.2 Å². The minimum Gasteiger partial charge on any atom is -0.508 e. The highest BCUT2D eigenvalue weighted by Crippen LogP contribution is 2.24. The van der Waals surface area contributed by atoms with Crippen LogP contribution in [0.3, 0.4) is 0 Å². The van der Waals surface area contributed by atoms with Crippen LogP contribution in [-0.4, -0.2) is 55.8 Å². The van der Waals surface area contributed by atoms with Gasteiger partial charge in [-0.3, -0.25) is 4.79 Å². The van der Waals surface area contributed by atoms with Crippen LogP contribution >= 0.6 is 0 Å². The number of aryl methyl sites for hydroxylation is 1. The molecule has 1 fully saturated rings. The van der Waals surface area contributed by atoms with Crippen LogP contribution in [0, 0.1) is 0 Å². The lowest BCUT2D eigenvalue weighted by Gasteiger charge is -2.31. The van der Waals surface area contributed by atoms with E-state index in [1.165, 1.54) is 4.80 Å². The topological polar surface area (TPSA) is 93.4 Å². The number of aromatic hydroxyl groups is 1. The molecule has 8 heteroatoms. The number of phenols is 1. The minimum atomic E-state index is -0.368. The molecule has 1 aliphatic rings. The van der Waals surface area contributed by atoms with Crippen molar-refractivity contribution in [3.8, 4) is 16.9 Å². The first kappa shape index (κ1) is 17.2. The molecule has 1 unspecified atom stereocenters. The van der Waals surface area contributed by atoms with Gasteiger partial charge in [0, 0.05) is 12.1 Å². The number of hydrogen-bond donors (Lipinski definition) is 1. The molecule has 1 atom stereocenters. The van der Waals surface area contributed by atoms with E-state index in [4.69, 9.17) is 4.74 Å². The number of amides is 1. The van der Waals surface area contributed by atoms with Crippen LogP contribution in [0.2, 0.25) is 0 Å². The van der Waals surface area contributed by atoms with E-state index in [-0.39, 0.29) is 17.8 Å². The Morgan fingerprint density at radius 1 is 1.11 bits per heavy atom. The highest BCUT2D eigenvalue weighted by atomic mass is 16.5. The van der Waals surface area contributed by atoms with Gasteiger partial charge in [0.2, 0.25) is 5.82 Å². The lowest BCUT2D eigenvalue weighted by molar-refractivity contribution is -0.0269. The fourth-order valence-electron chi connectivity index (χ4n) is 3.06. The summed E-state index contributed by atoms with van der Waals surface area (Å²) in [7, 11) is 1.69. The smallest absolute Gasteiger partial charge is 0.254 e. The van der Waals surface area contributed by atoms with E-state index in [0.717, 1.165) is 11.1 Å². The number of benzene rings is 2. The quantitative estimate of drug-likeness (QED) is 0.761. The van der Waals surface area contributed by atoms with Crippen molar-refractivity contribution < 1.29 is 14.6 Å². The number of aromatic nitrogens is 4. The van der Waals surface area contributed by atoms with Gasteiger partial charge in [0.15, 0.2) is 0 Å². The standard InChI is InChI=1S/C19H19N5O3/c1-23-21-18(20-22-23)17-12-24(10-11-27-17)19(26)15-4-2-13(3-5-15)14-6-8-16(25)9-7-14/h2-9,17,25H,10-12H2,1H3. The first-order valence-corrected chi connectivity index (χ1v) is 8.64. The first-order valence-electron chi connectivity index (χ1n) is 8.64. The third-order valence-electron chi connectivity index (χ3n) is 4.50. The predicted octanol–water partition coefficient (Wildman–Crippen LogP) is 1.80. The van der Waals surface area contributed by atoms with Crippen LogP contribution in [0.5, 0.6) is 5.75 Å². The average molecular weight is 365 g/mol. The Labute approximate surface area is 156 Å². The molecule has 0 spiro atoms. The molecule has 27 heavy (non-hydrogen) atoms. The molecule has 0 saturated carbocycles. The molecule has 2 heterocycles. The summed E-state index contributed by atoms with van der Waals surface area (Å²) in [6, 6.07) is 14.4. The van der Waals surface area contributed by atoms with Crippen molar-refractivity contribution in [1.29, 1.82) is 0 Å². The Hall–Kier alpha value is -3.26. The first-order chi connectivity index (χ1) is 13.1. The molecule has 1 aliphatic heterocycles. The number of hydrogen-bond acceptors (Lipinski definition) is 6. The van der Waals surface area contributed by atoms with Gasteiger partial charge in [-0.1, -0.05) is 24.3 Å². The second-order valence-electron chi connectivity index (χ2n) is 6.37. The Bertz CT molecular complexity index is 937. The monoisotopic (exact) mass is 365 g/mol. The SMILES string of the molecule is Cn1nnc(C2CN(C(=O)c3ccc(-c4ccc(O)cc4)cc3)CCO2)n1. The minimum absolute atomic E-state index is 0.0514. The summed E-state index contributed by atoms with van der Waals surface area (Å²) in [5.74, 6) is 0.659. The van der Waals surface area contributed by atoms with E-state index in [1.54, 1.807) is 24.1 Å². The van der Waals surface area contributed by atoms with Crippen molar-refractivity contribution >= 4 is 5.91 Å². The summed E-state index contributed by atoms with van der Waals surface area (Å²) in [6.45, 7) is 1.35. The van der Waals surface area contributed by atoms with Gasteiger partial charge in [0.25, 0.3) is 5.91 Å². The van der Waals surface area contributed by atoms with Crippen molar-refractivity contribution in [2.75, 3.05) is 19.7 Å². The molecule has 3 aromatic rings. The summed E-state index contributed by atoms with van der Waals surface area (Å²) in [6.07, 6.45) is -0.368. The van der Waals surface area contributed by atoms with Crippen LogP contribution in [-0.2, 0) is 11.8 Å². The predicted molar refractivity (Wildman–Crippen MR) is 96.9 cm³/mol. The normalized spacial score (nSPS) is 17.1. The number of morpholine rings is 1. The number of carbonyl (C=O) groups excluding carboxylic acids is 1. The summed E-state index contributed by atoms with van der Waals surface area (Å²) in [5, 5.41) is 21.4. The molecule has 138 valence electrons. The van der Waals surface area contributed by atoms with Gasteiger partial charge in [-0.05, 0) is 40.6 Å². The highest BCUT2D eigenvalue weighted by Gasteiger charge is 2.28. The molecule has 1 N–H and O–H groups in total. The lowest BCUT2D eigenvalue weighted by Crippen LogP contribution is -2.42. The van der Waals surface area contributed by atoms with Crippen molar-refractivity contribution in [3.63, 3.8) is 0 Å². The second-order valence-corrected chi connectivity index (χ2v) is 6.37. The van der Waals surface area contributed by atoms with E-state index < -0.39 is 0 Å². The summed E-state index contributed by atoms with van der Waals surface area (Å²) >= 11 is 0. The van der Waals surface area contributed by atoms with Crippen molar-refractivity contribution in [2.45, 2.75) is 6.10 Å². The zero-order valence-corrected chi connectivity index (χ0v) is 14.8. The number of carbonyl (C=O) groups is 1. The fourth-order valence-corrected chi connectivity index (χ4v) is 3.06. The summed E-state index contributed by atoms with van der Waals surface area (Å²) in [4.78, 5) is 16.0.